The summed E-state index contributed by atoms with van der Waals surface area (Å²) < 4.78 is 13.1. The molecule has 0 spiro atoms. The van der Waals surface area contributed by atoms with Crippen LogP contribution in [0.1, 0.15) is 16.2 Å². The van der Waals surface area contributed by atoms with Gasteiger partial charge in [-0.15, -0.1) is 0 Å². The Kier molecular flexibility index (Phi) is 3.01. The van der Waals surface area contributed by atoms with Crippen LogP contribution in [0.25, 0.3) is 0 Å². The number of imidazole rings is 1. The van der Waals surface area contributed by atoms with E-state index in [1.807, 2.05) is 0 Å². The van der Waals surface area contributed by atoms with Crippen LogP contribution in [0.4, 0.5) is 4.39 Å². The Bertz CT molecular complexity index is 511. The van der Waals surface area contributed by atoms with Crippen molar-refractivity contribution < 1.29 is 9.18 Å². The first-order chi connectivity index (χ1) is 7.66. The summed E-state index contributed by atoms with van der Waals surface area (Å²) >= 11 is 5.54. The molecule has 0 radical (unpaired) electrons. The van der Waals surface area contributed by atoms with E-state index >= 15 is 0 Å². The van der Waals surface area contributed by atoms with Gasteiger partial charge in [-0.3, -0.25) is 4.79 Å². The molecule has 5 heteroatoms. The van der Waals surface area contributed by atoms with E-state index in [1.54, 1.807) is 12.3 Å². The van der Waals surface area contributed by atoms with Crippen molar-refractivity contribution in [3.63, 3.8) is 0 Å². The number of carbonyl (C=O) groups excluding carboxylic acids is 1. The normalized spacial score (nSPS) is 10.4. The Morgan fingerprint density at radius 3 is 2.94 bits per heavy atom. The Balaban J connectivity index is 2.15. The fraction of sp³-hybridized carbons (Fsp3) is 0.0909. The van der Waals surface area contributed by atoms with Crippen molar-refractivity contribution in [3.8, 4) is 0 Å². The van der Waals surface area contributed by atoms with Crippen LogP contribution in [0.3, 0.4) is 0 Å². The van der Waals surface area contributed by atoms with Crippen LogP contribution < -0.4 is 0 Å². The van der Waals surface area contributed by atoms with E-state index in [4.69, 9.17) is 11.6 Å². The average Bonchev–Trinajstić information content (AvgIpc) is 2.77. The van der Waals surface area contributed by atoms with Gasteiger partial charge < -0.3 is 4.98 Å². The standard InChI is InChI=1S/C11H8ClFN2O/c12-8-2-1-7(5-9(8)13)6-10(16)11-14-3-4-15-11/h1-5H,6H2,(H,14,15). The van der Waals surface area contributed by atoms with Gasteiger partial charge in [-0.05, 0) is 17.7 Å². The van der Waals surface area contributed by atoms with Gasteiger partial charge in [0.15, 0.2) is 5.82 Å². The molecule has 0 saturated carbocycles. The van der Waals surface area contributed by atoms with Crippen LogP contribution in [0, 0.1) is 5.82 Å². The molecule has 2 rings (SSSR count). The van der Waals surface area contributed by atoms with Crippen molar-refractivity contribution in [1.29, 1.82) is 0 Å². The molecule has 16 heavy (non-hydrogen) atoms. The third kappa shape index (κ3) is 2.28. The first-order valence-electron chi connectivity index (χ1n) is 4.63. The maximum atomic E-state index is 13.1. The van der Waals surface area contributed by atoms with Crippen LogP contribution >= 0.6 is 11.6 Å². The highest BCUT2D eigenvalue weighted by Crippen LogP contribution is 2.16. The largest absolute Gasteiger partial charge is 0.342 e. The lowest BCUT2D eigenvalue weighted by Crippen LogP contribution is -2.05. The van der Waals surface area contributed by atoms with Crippen molar-refractivity contribution in [2.24, 2.45) is 0 Å². The van der Waals surface area contributed by atoms with Crippen molar-refractivity contribution in [1.82, 2.24) is 9.97 Å². The minimum absolute atomic E-state index is 0.0502. The number of Topliss-reactive ketones (excluding diaryl/α,β-unsaturated/α-hetero) is 1. The topological polar surface area (TPSA) is 45.8 Å². The minimum atomic E-state index is -0.522. The summed E-state index contributed by atoms with van der Waals surface area (Å²) in [7, 11) is 0. The lowest BCUT2D eigenvalue weighted by molar-refractivity contribution is 0.0984. The molecule has 0 fully saturated rings. The van der Waals surface area contributed by atoms with Gasteiger partial charge in [0.05, 0.1) is 5.02 Å². The Morgan fingerprint density at radius 1 is 1.50 bits per heavy atom. The lowest BCUT2D eigenvalue weighted by atomic mass is 10.1. The van der Waals surface area contributed by atoms with Crippen molar-refractivity contribution >= 4 is 17.4 Å². The third-order valence-corrected chi connectivity index (χ3v) is 2.42. The van der Waals surface area contributed by atoms with E-state index in [9.17, 15) is 9.18 Å². The number of rotatable bonds is 3. The summed E-state index contributed by atoms with van der Waals surface area (Å²) in [6, 6.07) is 4.30. The number of carbonyl (C=O) groups is 1. The van der Waals surface area contributed by atoms with E-state index in [1.165, 1.54) is 18.3 Å². The quantitative estimate of drug-likeness (QED) is 0.836. The number of nitrogens with one attached hydrogen (secondary N) is 1. The highest BCUT2D eigenvalue weighted by molar-refractivity contribution is 6.30. The zero-order valence-electron chi connectivity index (χ0n) is 8.21. The van der Waals surface area contributed by atoms with Gasteiger partial charge in [-0.2, -0.15) is 0 Å². The molecule has 0 saturated heterocycles. The molecule has 0 aliphatic carbocycles. The molecular formula is C11H8ClFN2O. The molecule has 82 valence electrons. The summed E-state index contributed by atoms with van der Waals surface area (Å²) in [5.74, 6) is -0.437. The fourth-order valence-electron chi connectivity index (χ4n) is 1.34. The number of hydrogen-bond donors (Lipinski definition) is 1. The number of halogens is 2. The van der Waals surface area contributed by atoms with Crippen LogP contribution in [0.15, 0.2) is 30.6 Å². The van der Waals surface area contributed by atoms with E-state index in [-0.39, 0.29) is 23.1 Å². The zero-order chi connectivity index (χ0) is 11.5. The second-order valence-corrected chi connectivity index (χ2v) is 3.69. The Morgan fingerprint density at radius 2 is 2.31 bits per heavy atom. The first kappa shape index (κ1) is 10.8. The molecule has 1 heterocycles. The zero-order valence-corrected chi connectivity index (χ0v) is 8.96. The number of aromatic nitrogens is 2. The molecule has 1 aromatic heterocycles. The van der Waals surface area contributed by atoms with Crippen LogP contribution in [-0.2, 0) is 6.42 Å². The monoisotopic (exact) mass is 238 g/mol. The number of H-pyrrole nitrogens is 1. The molecular weight excluding hydrogens is 231 g/mol. The molecule has 3 nitrogen and oxygen atoms in total. The number of nitrogens with zero attached hydrogens (tertiary/aromatic N) is 1. The SMILES string of the molecule is O=C(Cc1ccc(Cl)c(F)c1)c1ncc[nH]1. The maximum Gasteiger partial charge on any atom is 0.202 e. The van der Waals surface area contributed by atoms with Gasteiger partial charge in [0.2, 0.25) is 5.78 Å². The van der Waals surface area contributed by atoms with Gasteiger partial charge >= 0.3 is 0 Å². The molecule has 1 aromatic carbocycles. The second kappa shape index (κ2) is 4.45. The maximum absolute atomic E-state index is 13.1. The summed E-state index contributed by atoms with van der Waals surface area (Å²) in [5, 5.41) is 0.0502. The highest BCUT2D eigenvalue weighted by Gasteiger charge is 2.10. The van der Waals surface area contributed by atoms with E-state index in [0.717, 1.165) is 0 Å². The smallest absolute Gasteiger partial charge is 0.202 e. The van der Waals surface area contributed by atoms with Gasteiger partial charge in [-0.25, -0.2) is 9.37 Å². The minimum Gasteiger partial charge on any atom is -0.342 e. The third-order valence-electron chi connectivity index (χ3n) is 2.11. The summed E-state index contributed by atoms with van der Waals surface area (Å²) in [5.41, 5.74) is 0.573. The Labute approximate surface area is 96.3 Å². The predicted molar refractivity (Wildman–Crippen MR) is 58.0 cm³/mol. The number of benzene rings is 1. The van der Waals surface area contributed by atoms with Crippen molar-refractivity contribution in [2.45, 2.75) is 6.42 Å². The highest BCUT2D eigenvalue weighted by atomic mass is 35.5. The fourth-order valence-corrected chi connectivity index (χ4v) is 1.45. The van der Waals surface area contributed by atoms with Gasteiger partial charge in [0, 0.05) is 18.8 Å². The molecule has 0 unspecified atom stereocenters. The molecule has 0 aliphatic rings. The summed E-state index contributed by atoms with van der Waals surface area (Å²) in [6.45, 7) is 0. The molecule has 1 N–H and O–H groups in total. The van der Waals surface area contributed by atoms with Crippen molar-refractivity contribution in [3.05, 3.63) is 52.8 Å². The molecule has 0 aliphatic heterocycles. The second-order valence-electron chi connectivity index (χ2n) is 3.29. The molecule has 0 bridgehead atoms. The van der Waals surface area contributed by atoms with Crippen molar-refractivity contribution in [2.75, 3.05) is 0 Å². The van der Waals surface area contributed by atoms with Gasteiger partial charge in [0.1, 0.15) is 5.82 Å². The van der Waals surface area contributed by atoms with Crippen LogP contribution in [0.5, 0.6) is 0 Å². The number of aromatic amines is 1. The average molecular weight is 239 g/mol. The lowest BCUT2D eigenvalue weighted by Gasteiger charge is -2.00. The van der Waals surface area contributed by atoms with Gasteiger partial charge in [0.25, 0.3) is 0 Å². The summed E-state index contributed by atoms with van der Waals surface area (Å²) in [6.07, 6.45) is 3.16. The molecule has 2 aromatic rings. The van der Waals surface area contributed by atoms with Crippen LogP contribution in [-0.4, -0.2) is 15.8 Å². The first-order valence-corrected chi connectivity index (χ1v) is 5.01. The molecule has 0 atom stereocenters. The predicted octanol–water partition coefficient (Wildman–Crippen LogP) is 2.63. The Hall–Kier alpha value is -1.68. The van der Waals surface area contributed by atoms with Crippen LogP contribution in [0.2, 0.25) is 5.02 Å². The van der Waals surface area contributed by atoms with E-state index < -0.39 is 5.82 Å². The number of ketones is 1. The van der Waals surface area contributed by atoms with E-state index in [2.05, 4.69) is 9.97 Å². The van der Waals surface area contributed by atoms with Gasteiger partial charge in [-0.1, -0.05) is 17.7 Å². The van der Waals surface area contributed by atoms with E-state index in [0.29, 0.717) is 5.56 Å². The summed E-state index contributed by atoms with van der Waals surface area (Å²) in [4.78, 5) is 18.2. The number of hydrogen-bond acceptors (Lipinski definition) is 2. The molecule has 0 amide bonds.